The first kappa shape index (κ1) is 23.1. The molecule has 172 valence electrons. The third kappa shape index (κ3) is 5.48. The van der Waals surface area contributed by atoms with Crippen LogP contribution in [0, 0.1) is 18.7 Å². The molecule has 1 aliphatic rings. The molecule has 2 unspecified atom stereocenters. The molecule has 0 bridgehead atoms. The van der Waals surface area contributed by atoms with Crippen molar-refractivity contribution in [2.75, 3.05) is 19.6 Å². The largest absolute Gasteiger partial charge is 0.336 e. The van der Waals surface area contributed by atoms with Gasteiger partial charge in [0.2, 0.25) is 0 Å². The van der Waals surface area contributed by atoms with Crippen LogP contribution in [0.5, 0.6) is 0 Å². The lowest BCUT2D eigenvalue weighted by atomic mass is 9.86. The minimum atomic E-state index is -0.330. The molecule has 1 fully saturated rings. The van der Waals surface area contributed by atoms with E-state index in [4.69, 9.17) is 0 Å². The van der Waals surface area contributed by atoms with Gasteiger partial charge in [-0.1, -0.05) is 30.3 Å². The van der Waals surface area contributed by atoms with E-state index in [1.165, 1.54) is 23.3 Å². The molecule has 1 aromatic heterocycles. The van der Waals surface area contributed by atoms with Crippen LogP contribution >= 0.6 is 0 Å². The lowest BCUT2D eigenvalue weighted by Gasteiger charge is -2.32. The normalized spacial score (nSPS) is 18.6. The average Bonchev–Trinajstić information content (AvgIpc) is 3.20. The summed E-state index contributed by atoms with van der Waals surface area (Å²) in [7, 11) is 0. The average molecular weight is 446 g/mol. The van der Waals surface area contributed by atoms with Crippen molar-refractivity contribution in [2.45, 2.75) is 39.3 Å². The van der Waals surface area contributed by atoms with E-state index in [1.54, 1.807) is 12.1 Å². The molecule has 1 amide bonds. The van der Waals surface area contributed by atoms with Crippen LogP contribution in [0.3, 0.4) is 0 Å². The Hall–Kier alpha value is -3.05. The van der Waals surface area contributed by atoms with Crippen molar-refractivity contribution in [2.24, 2.45) is 5.92 Å². The highest BCUT2D eigenvalue weighted by atomic mass is 19.1. The van der Waals surface area contributed by atoms with Gasteiger partial charge in [-0.15, -0.1) is 0 Å². The number of carbonyl (C=O) groups is 1. The van der Waals surface area contributed by atoms with Crippen molar-refractivity contribution in [3.63, 3.8) is 0 Å². The summed E-state index contributed by atoms with van der Waals surface area (Å²) in [5, 5.41) is 0. The van der Waals surface area contributed by atoms with Gasteiger partial charge in [0, 0.05) is 49.9 Å². The summed E-state index contributed by atoms with van der Waals surface area (Å²) in [6.07, 6.45) is 1.84. The van der Waals surface area contributed by atoms with Crippen LogP contribution < -0.4 is 0 Å². The number of aryl methyl sites for hydroxylation is 1. The fraction of sp³-hybridized carbons (Fsp3) is 0.357. The van der Waals surface area contributed by atoms with Gasteiger partial charge in [-0.25, -0.2) is 4.39 Å². The molecule has 4 rings (SSSR count). The van der Waals surface area contributed by atoms with E-state index < -0.39 is 0 Å². The molecular weight excluding hydrogens is 413 g/mol. The molecule has 5 heteroatoms. The maximum Gasteiger partial charge on any atom is 0.254 e. The van der Waals surface area contributed by atoms with E-state index in [0.29, 0.717) is 23.9 Å². The molecule has 33 heavy (non-hydrogen) atoms. The zero-order valence-electron chi connectivity index (χ0n) is 19.6. The van der Waals surface area contributed by atoms with E-state index in [0.717, 1.165) is 25.3 Å². The SMILES string of the molecule is Cc1ccccc1C1CN(Cc2ccccn2)CC1CN(C(=O)c1ccc(F)cc1)C(C)C. The number of hydrogen-bond donors (Lipinski definition) is 0. The topological polar surface area (TPSA) is 36.4 Å². The van der Waals surface area contributed by atoms with Gasteiger partial charge in [0.25, 0.3) is 5.91 Å². The molecular formula is C28H32FN3O. The summed E-state index contributed by atoms with van der Waals surface area (Å²) in [4.78, 5) is 22.2. The van der Waals surface area contributed by atoms with Crippen molar-refractivity contribution in [3.8, 4) is 0 Å². The molecule has 4 nitrogen and oxygen atoms in total. The highest BCUT2D eigenvalue weighted by molar-refractivity contribution is 5.94. The number of rotatable bonds is 7. The minimum absolute atomic E-state index is 0.0447. The van der Waals surface area contributed by atoms with Crippen molar-refractivity contribution in [1.82, 2.24) is 14.8 Å². The summed E-state index contributed by atoms with van der Waals surface area (Å²) < 4.78 is 13.4. The van der Waals surface area contributed by atoms with Gasteiger partial charge < -0.3 is 4.90 Å². The first-order valence-corrected chi connectivity index (χ1v) is 11.7. The molecule has 0 aliphatic carbocycles. The van der Waals surface area contributed by atoms with E-state index in [9.17, 15) is 9.18 Å². The number of benzene rings is 2. The Labute approximate surface area is 196 Å². The Bertz CT molecular complexity index is 1070. The summed E-state index contributed by atoms with van der Waals surface area (Å²) in [6, 6.07) is 20.5. The van der Waals surface area contributed by atoms with Crippen LogP contribution in [-0.2, 0) is 6.54 Å². The number of pyridine rings is 1. The fourth-order valence-corrected chi connectivity index (χ4v) is 4.89. The second kappa shape index (κ2) is 10.3. The Morgan fingerprint density at radius 3 is 2.45 bits per heavy atom. The van der Waals surface area contributed by atoms with Crippen LogP contribution in [0.1, 0.15) is 46.9 Å². The highest BCUT2D eigenvalue weighted by Gasteiger charge is 2.37. The van der Waals surface area contributed by atoms with Crippen LogP contribution in [0.2, 0.25) is 0 Å². The first-order chi connectivity index (χ1) is 15.9. The molecule has 2 heterocycles. The van der Waals surface area contributed by atoms with Gasteiger partial charge in [0.1, 0.15) is 5.82 Å². The van der Waals surface area contributed by atoms with E-state index in [1.807, 2.05) is 37.1 Å². The van der Waals surface area contributed by atoms with Gasteiger partial charge in [-0.2, -0.15) is 0 Å². The number of carbonyl (C=O) groups excluding carboxylic acids is 1. The molecule has 0 spiro atoms. The molecule has 1 saturated heterocycles. The second-order valence-corrected chi connectivity index (χ2v) is 9.30. The number of amides is 1. The third-order valence-corrected chi connectivity index (χ3v) is 6.62. The monoisotopic (exact) mass is 445 g/mol. The smallest absolute Gasteiger partial charge is 0.254 e. The Balaban J connectivity index is 1.59. The first-order valence-electron chi connectivity index (χ1n) is 11.7. The van der Waals surface area contributed by atoms with E-state index in [2.05, 4.69) is 47.1 Å². The number of halogens is 1. The van der Waals surface area contributed by atoms with Crippen molar-refractivity contribution in [1.29, 1.82) is 0 Å². The number of likely N-dealkylation sites (tertiary alicyclic amines) is 1. The number of aromatic nitrogens is 1. The molecule has 0 saturated carbocycles. The van der Waals surface area contributed by atoms with Crippen LogP contribution in [0.15, 0.2) is 72.9 Å². The van der Waals surface area contributed by atoms with E-state index in [-0.39, 0.29) is 17.8 Å². The Morgan fingerprint density at radius 1 is 1.06 bits per heavy atom. The third-order valence-electron chi connectivity index (χ3n) is 6.62. The Morgan fingerprint density at radius 2 is 1.79 bits per heavy atom. The molecule has 1 aliphatic heterocycles. The molecule has 3 aromatic rings. The van der Waals surface area contributed by atoms with Crippen LogP contribution in [-0.4, -0.2) is 46.4 Å². The van der Waals surface area contributed by atoms with Crippen LogP contribution in [0.4, 0.5) is 4.39 Å². The second-order valence-electron chi connectivity index (χ2n) is 9.30. The van der Waals surface area contributed by atoms with Crippen molar-refractivity contribution >= 4 is 5.91 Å². The zero-order chi connectivity index (χ0) is 23.4. The number of nitrogens with zero attached hydrogens (tertiary/aromatic N) is 3. The minimum Gasteiger partial charge on any atom is -0.336 e. The summed E-state index contributed by atoms with van der Waals surface area (Å²) in [5.41, 5.74) is 4.22. The summed E-state index contributed by atoms with van der Waals surface area (Å²) in [6.45, 7) is 9.55. The summed E-state index contributed by atoms with van der Waals surface area (Å²) in [5.74, 6) is 0.249. The maximum absolute atomic E-state index is 13.4. The predicted molar refractivity (Wildman–Crippen MR) is 129 cm³/mol. The lowest BCUT2D eigenvalue weighted by molar-refractivity contribution is 0.0668. The van der Waals surface area contributed by atoms with Crippen molar-refractivity contribution in [3.05, 3.63) is 101 Å². The summed E-state index contributed by atoms with van der Waals surface area (Å²) >= 11 is 0. The van der Waals surface area contributed by atoms with Gasteiger partial charge in [0.15, 0.2) is 0 Å². The highest BCUT2D eigenvalue weighted by Crippen LogP contribution is 2.36. The van der Waals surface area contributed by atoms with Gasteiger partial charge in [0.05, 0.1) is 5.69 Å². The van der Waals surface area contributed by atoms with Crippen LogP contribution in [0.25, 0.3) is 0 Å². The molecule has 2 atom stereocenters. The van der Waals surface area contributed by atoms with Crippen molar-refractivity contribution < 1.29 is 9.18 Å². The predicted octanol–water partition coefficient (Wildman–Crippen LogP) is 5.30. The van der Waals surface area contributed by atoms with Gasteiger partial charge >= 0.3 is 0 Å². The van der Waals surface area contributed by atoms with Gasteiger partial charge in [-0.05, 0) is 74.2 Å². The zero-order valence-corrected chi connectivity index (χ0v) is 19.6. The molecule has 0 N–H and O–H groups in total. The Kier molecular flexibility index (Phi) is 7.19. The quantitative estimate of drug-likeness (QED) is 0.495. The fourth-order valence-electron chi connectivity index (χ4n) is 4.89. The van der Waals surface area contributed by atoms with E-state index >= 15 is 0 Å². The van der Waals surface area contributed by atoms with Gasteiger partial charge in [-0.3, -0.25) is 14.7 Å². The number of hydrogen-bond acceptors (Lipinski definition) is 3. The molecule has 2 aromatic carbocycles. The standard InChI is InChI=1S/C28H32FN3O/c1-20(2)32(28(33)22-11-13-24(29)14-12-22)17-23-16-31(18-25-9-6-7-15-30-25)19-27(23)26-10-5-4-8-21(26)3/h4-15,20,23,27H,16-19H2,1-3H3. The maximum atomic E-state index is 13.4. The molecule has 0 radical (unpaired) electrons. The lowest BCUT2D eigenvalue weighted by Crippen LogP contribution is -2.42.